The molecule has 6 heterocycles. The lowest BCUT2D eigenvalue weighted by Gasteiger charge is -2.11. The molecule has 7 aromatic carbocycles. The molecule has 0 bridgehead atoms. The predicted molar refractivity (Wildman–Crippen MR) is 335 cm³/mol. The van der Waals surface area contributed by atoms with E-state index in [-0.39, 0.29) is 0 Å². The number of hydrogen-bond acceptors (Lipinski definition) is 4. The van der Waals surface area contributed by atoms with Crippen molar-refractivity contribution in [2.75, 3.05) is 0 Å². The molecule has 0 unspecified atom stereocenters. The fourth-order valence-electron chi connectivity index (χ4n) is 10.7. The molecule has 8 nitrogen and oxygen atoms in total. The van der Waals surface area contributed by atoms with E-state index in [0.717, 1.165) is 105 Å². The van der Waals surface area contributed by atoms with Crippen molar-refractivity contribution < 1.29 is 18.3 Å². The molecule has 0 amide bonds. The van der Waals surface area contributed by atoms with Gasteiger partial charge in [-0.1, -0.05) is 176 Å². The van der Waals surface area contributed by atoms with Gasteiger partial charge in [0.05, 0.1) is 22.8 Å². The summed E-state index contributed by atoms with van der Waals surface area (Å²) in [4.78, 5) is 20.3. The predicted octanol–water partition coefficient (Wildman–Crippen LogP) is 15.2. The van der Waals surface area contributed by atoms with Crippen LogP contribution in [0.3, 0.4) is 0 Å². The van der Waals surface area contributed by atoms with Crippen LogP contribution in [-0.4, -0.2) is 19.9 Å². The van der Waals surface area contributed by atoms with E-state index in [0.29, 0.717) is 11.6 Å². The van der Waals surface area contributed by atoms with Gasteiger partial charge in [0.2, 0.25) is 0 Å². The Morgan fingerprint density at radius 2 is 0.476 bits per heavy atom. The SMILES string of the molecule is CC[n+]1ccc(-c2ccc(-c3cc(-c4ccc(-c5cc[n+](Cc6cccc(C[n+]7ccc(-c8ccc(-c9cc(-c%10ccc(-c%11cc[n+](CC)cc%11)cc%10)nc(-c%10ccccc%10)n9)cc8)cc7)c6)cc5)cc4)nc(-c4ccccc4)n3)cc2)cc1. The molecule has 0 saturated heterocycles. The van der Waals surface area contributed by atoms with Crippen LogP contribution in [0.4, 0.5) is 0 Å². The van der Waals surface area contributed by atoms with E-state index >= 15 is 0 Å². The maximum absolute atomic E-state index is 5.09. The molecule has 8 heteroatoms. The summed E-state index contributed by atoms with van der Waals surface area (Å²) in [5, 5.41) is 0. The zero-order valence-corrected chi connectivity index (χ0v) is 47.1. The van der Waals surface area contributed by atoms with Crippen LogP contribution >= 0.6 is 0 Å². The molecule has 13 rings (SSSR count). The van der Waals surface area contributed by atoms with Crippen molar-refractivity contribution in [3.05, 3.63) is 303 Å². The van der Waals surface area contributed by atoms with Crippen molar-refractivity contribution >= 4 is 0 Å². The normalized spacial score (nSPS) is 11.2. The Morgan fingerprint density at radius 1 is 0.226 bits per heavy atom. The fourth-order valence-corrected chi connectivity index (χ4v) is 10.7. The van der Waals surface area contributed by atoms with Gasteiger partial charge in [0.15, 0.2) is 74.3 Å². The van der Waals surface area contributed by atoms with Gasteiger partial charge in [-0.05, 0) is 76.6 Å². The van der Waals surface area contributed by atoms with Crippen molar-refractivity contribution in [3.63, 3.8) is 0 Å². The van der Waals surface area contributed by atoms with E-state index in [9.17, 15) is 0 Å². The highest BCUT2D eigenvalue weighted by molar-refractivity contribution is 5.78. The maximum Gasteiger partial charge on any atom is 0.173 e. The molecule has 0 fully saturated rings. The summed E-state index contributed by atoms with van der Waals surface area (Å²) < 4.78 is 8.82. The molecule has 13 aromatic rings. The van der Waals surface area contributed by atoms with Gasteiger partial charge >= 0.3 is 0 Å². The highest BCUT2D eigenvalue weighted by atomic mass is 14.9. The van der Waals surface area contributed by atoms with Crippen molar-refractivity contribution in [2.24, 2.45) is 0 Å². The van der Waals surface area contributed by atoms with E-state index in [4.69, 9.17) is 19.9 Å². The summed E-state index contributed by atoms with van der Waals surface area (Å²) in [5.41, 5.74) is 21.5. The number of aromatic nitrogens is 8. The highest BCUT2D eigenvalue weighted by Crippen LogP contribution is 2.33. The molecular formula is C76H62N8+4. The van der Waals surface area contributed by atoms with Crippen molar-refractivity contribution in [3.8, 4) is 112 Å². The highest BCUT2D eigenvalue weighted by Gasteiger charge is 2.16. The van der Waals surface area contributed by atoms with Crippen molar-refractivity contribution in [1.82, 2.24) is 19.9 Å². The topological polar surface area (TPSA) is 67.1 Å². The Balaban J connectivity index is 0.660. The zero-order chi connectivity index (χ0) is 56.6. The molecule has 0 N–H and O–H groups in total. The molecule has 0 aliphatic heterocycles. The Kier molecular flexibility index (Phi) is 15.2. The molecule has 0 spiro atoms. The standard InChI is InChI=1S/C76H62N8/c1-3-81-42-34-61(35-43-81)57-18-26-65(27-19-57)71-51-73(79-75(77-71)69-14-7-5-8-15-69)67-30-22-59(23-31-67)63-38-46-83(47-39-63)53-55-12-11-13-56(50-55)54-84-48-40-64(41-49-84)60-24-32-68(33-25-60)74-52-72(78-76(80-74)70-16-9-6-10-17-70)66-28-20-58(21-29-66)62-36-44-82(4-2)45-37-62/h5-52H,3-4,53-54H2,1-2H3/q+4. The first-order chi connectivity index (χ1) is 41.4. The number of rotatable bonds is 16. The third-order valence-corrected chi connectivity index (χ3v) is 15.6. The molecule has 6 aromatic heterocycles. The smallest absolute Gasteiger partial charge is 0.173 e. The van der Waals surface area contributed by atoms with Gasteiger partial charge in [-0.25, -0.2) is 38.2 Å². The van der Waals surface area contributed by atoms with Crippen LogP contribution in [0.5, 0.6) is 0 Å². The summed E-state index contributed by atoms with van der Waals surface area (Å²) in [6.45, 7) is 7.73. The molecule has 0 atom stereocenters. The summed E-state index contributed by atoms with van der Waals surface area (Å²) in [6.07, 6.45) is 17.2. The van der Waals surface area contributed by atoms with Crippen LogP contribution in [0.15, 0.2) is 292 Å². The summed E-state index contributed by atoms with van der Waals surface area (Å²) >= 11 is 0. The molecule has 0 aliphatic carbocycles. The quantitative estimate of drug-likeness (QED) is 0.0904. The minimum absolute atomic E-state index is 0.702. The Labute approximate surface area is 491 Å². The van der Waals surface area contributed by atoms with Crippen molar-refractivity contribution in [2.45, 2.75) is 40.0 Å². The second kappa shape index (κ2) is 24.2. The minimum atomic E-state index is 0.702. The van der Waals surface area contributed by atoms with Gasteiger partial charge in [-0.3, -0.25) is 0 Å². The molecule has 402 valence electrons. The van der Waals surface area contributed by atoms with E-state index in [1.54, 1.807) is 0 Å². The van der Waals surface area contributed by atoms with Crippen LogP contribution in [0.2, 0.25) is 0 Å². The fraction of sp³-hybridized carbons (Fsp3) is 0.0789. The van der Waals surface area contributed by atoms with Gasteiger partial charge in [0.25, 0.3) is 0 Å². The third-order valence-electron chi connectivity index (χ3n) is 15.6. The molecular weight excluding hydrogens is 1020 g/mol. The van der Waals surface area contributed by atoms with E-state index in [1.807, 2.05) is 36.4 Å². The van der Waals surface area contributed by atoms with Gasteiger partial charge in [-0.2, -0.15) is 0 Å². The summed E-state index contributed by atoms with van der Waals surface area (Å²) in [5.74, 6) is 1.40. The lowest BCUT2D eigenvalue weighted by atomic mass is 10.0. The first-order valence-electron chi connectivity index (χ1n) is 28.8. The number of benzene rings is 7. The van der Waals surface area contributed by atoms with E-state index in [1.165, 1.54) is 33.4 Å². The minimum Gasteiger partial charge on any atom is -0.228 e. The van der Waals surface area contributed by atoms with Gasteiger partial charge in [-0.15, -0.1) is 0 Å². The average Bonchev–Trinajstić information content (AvgIpc) is 3.64. The zero-order valence-electron chi connectivity index (χ0n) is 47.1. The monoisotopic (exact) mass is 1090 g/mol. The maximum atomic E-state index is 5.09. The first-order valence-corrected chi connectivity index (χ1v) is 28.8. The largest absolute Gasteiger partial charge is 0.228 e. The Bertz CT molecular complexity index is 4060. The van der Waals surface area contributed by atoms with Gasteiger partial charge in [0.1, 0.15) is 13.1 Å². The van der Waals surface area contributed by atoms with Crippen LogP contribution in [0, 0.1) is 0 Å². The van der Waals surface area contributed by atoms with Gasteiger partial charge in [0, 0.05) is 93.0 Å². The Morgan fingerprint density at radius 3 is 0.750 bits per heavy atom. The third kappa shape index (κ3) is 12.0. The summed E-state index contributed by atoms with van der Waals surface area (Å²) in [6, 6.07) is 85.7. The number of hydrogen-bond donors (Lipinski definition) is 0. The number of aryl methyl sites for hydroxylation is 2. The second-order valence-electron chi connectivity index (χ2n) is 21.1. The lowest BCUT2D eigenvalue weighted by Crippen LogP contribution is -2.34. The van der Waals surface area contributed by atoms with Crippen LogP contribution in [0.1, 0.15) is 25.0 Å². The number of pyridine rings is 4. The van der Waals surface area contributed by atoms with Crippen molar-refractivity contribution in [1.29, 1.82) is 0 Å². The molecule has 0 aliphatic rings. The Hall–Kier alpha value is -10.7. The van der Waals surface area contributed by atoms with Gasteiger partial charge < -0.3 is 0 Å². The summed E-state index contributed by atoms with van der Waals surface area (Å²) in [7, 11) is 0. The van der Waals surface area contributed by atoms with Crippen LogP contribution < -0.4 is 18.3 Å². The van der Waals surface area contributed by atoms with E-state index in [2.05, 4.69) is 288 Å². The average molecular weight is 1090 g/mol. The molecule has 0 radical (unpaired) electrons. The lowest BCUT2D eigenvalue weighted by molar-refractivity contribution is -0.693. The number of nitrogens with zero attached hydrogens (tertiary/aromatic N) is 8. The van der Waals surface area contributed by atoms with E-state index < -0.39 is 0 Å². The van der Waals surface area contributed by atoms with Crippen LogP contribution in [0.25, 0.3) is 112 Å². The molecule has 84 heavy (non-hydrogen) atoms. The second-order valence-corrected chi connectivity index (χ2v) is 21.1. The molecule has 0 saturated carbocycles. The van der Waals surface area contributed by atoms with Crippen LogP contribution in [-0.2, 0) is 26.2 Å². The first kappa shape index (κ1) is 52.7.